The second-order valence-electron chi connectivity index (χ2n) is 5.37. The molecule has 1 amide bonds. The number of carbonyl (C=O) groups is 1. The van der Waals surface area contributed by atoms with E-state index in [1.54, 1.807) is 30.7 Å². The summed E-state index contributed by atoms with van der Waals surface area (Å²) in [6.07, 6.45) is 3.29. The van der Waals surface area contributed by atoms with Crippen molar-refractivity contribution in [2.24, 2.45) is 0 Å². The van der Waals surface area contributed by atoms with Gasteiger partial charge in [0.15, 0.2) is 16.0 Å². The Bertz CT molecular complexity index is 1040. The number of aromatic nitrogens is 3. The predicted molar refractivity (Wildman–Crippen MR) is 107 cm³/mol. The van der Waals surface area contributed by atoms with E-state index in [2.05, 4.69) is 25.6 Å². The fourth-order valence-electron chi connectivity index (χ4n) is 2.20. The zero-order valence-corrected chi connectivity index (χ0v) is 16.1. The van der Waals surface area contributed by atoms with E-state index < -0.39 is 0 Å². The van der Waals surface area contributed by atoms with Crippen molar-refractivity contribution >= 4 is 56.3 Å². The summed E-state index contributed by atoms with van der Waals surface area (Å²) in [6.45, 7) is 0. The Labute approximate surface area is 167 Å². The predicted octanol–water partition coefficient (Wildman–Crippen LogP) is 4.83. The fourth-order valence-corrected chi connectivity index (χ4v) is 3.75. The van der Waals surface area contributed by atoms with Gasteiger partial charge in [0.2, 0.25) is 5.91 Å². The van der Waals surface area contributed by atoms with Crippen LogP contribution in [0.25, 0.3) is 11.5 Å². The third-order valence-electron chi connectivity index (χ3n) is 3.38. The monoisotopic (exact) mass is 417 g/mol. The van der Waals surface area contributed by atoms with Crippen molar-refractivity contribution in [2.75, 3.05) is 10.6 Å². The number of anilines is 3. The number of nitrogens with one attached hydrogen (secondary N) is 2. The van der Waals surface area contributed by atoms with Gasteiger partial charge in [-0.1, -0.05) is 11.6 Å². The quantitative estimate of drug-likeness (QED) is 0.466. The summed E-state index contributed by atoms with van der Waals surface area (Å²) in [5, 5.41) is 11.3. The first-order chi connectivity index (χ1) is 13.2. The molecule has 4 heterocycles. The largest absolute Gasteiger partial charge is 0.463 e. The molecule has 7 nitrogen and oxygen atoms in total. The standard InChI is InChI=1S/C17H12ClN5O2S2/c18-10-3-4-14(19-7-10)22-16-20-11(8-26-16)6-15(24)23-17-21-12(9-27-17)13-2-1-5-25-13/h1-5,7-9H,6H2,(H,19,20,22)(H,21,23,24). The fraction of sp³-hybridized carbons (Fsp3) is 0.0588. The zero-order valence-electron chi connectivity index (χ0n) is 13.7. The number of hydrogen-bond donors (Lipinski definition) is 2. The topological polar surface area (TPSA) is 92.9 Å². The number of amides is 1. The molecule has 0 fully saturated rings. The molecule has 10 heteroatoms. The van der Waals surface area contributed by atoms with Crippen molar-refractivity contribution in [1.82, 2.24) is 15.0 Å². The molecular formula is C17H12ClN5O2S2. The third kappa shape index (κ3) is 4.51. The Balaban J connectivity index is 1.34. The van der Waals surface area contributed by atoms with Gasteiger partial charge in [-0.25, -0.2) is 15.0 Å². The molecule has 0 aliphatic heterocycles. The maximum Gasteiger partial charge on any atom is 0.232 e. The van der Waals surface area contributed by atoms with Gasteiger partial charge in [-0.2, -0.15) is 0 Å². The molecule has 136 valence electrons. The van der Waals surface area contributed by atoms with E-state index >= 15 is 0 Å². The van der Waals surface area contributed by atoms with Gasteiger partial charge in [0.1, 0.15) is 11.5 Å². The van der Waals surface area contributed by atoms with Crippen LogP contribution in [0.3, 0.4) is 0 Å². The van der Waals surface area contributed by atoms with Gasteiger partial charge in [-0.05, 0) is 24.3 Å². The van der Waals surface area contributed by atoms with Gasteiger partial charge in [0, 0.05) is 17.0 Å². The normalized spacial score (nSPS) is 10.7. The molecular weight excluding hydrogens is 406 g/mol. The highest BCUT2D eigenvalue weighted by atomic mass is 35.5. The molecule has 0 aliphatic rings. The lowest BCUT2D eigenvalue weighted by Crippen LogP contribution is -2.14. The van der Waals surface area contributed by atoms with Crippen LogP contribution in [-0.4, -0.2) is 20.9 Å². The van der Waals surface area contributed by atoms with Crippen molar-refractivity contribution in [3.63, 3.8) is 0 Å². The van der Waals surface area contributed by atoms with E-state index in [4.69, 9.17) is 16.0 Å². The number of halogens is 1. The number of rotatable bonds is 6. The molecule has 0 radical (unpaired) electrons. The molecule has 0 spiro atoms. The molecule has 0 saturated heterocycles. The SMILES string of the molecule is O=C(Cc1csc(Nc2ccc(Cl)cn2)n1)Nc1nc(-c2ccco2)cs1. The average molecular weight is 418 g/mol. The van der Waals surface area contributed by atoms with Crippen molar-refractivity contribution in [3.8, 4) is 11.5 Å². The number of furan rings is 1. The Kier molecular flexibility index (Phi) is 5.14. The third-order valence-corrected chi connectivity index (χ3v) is 5.17. The van der Waals surface area contributed by atoms with Gasteiger partial charge in [-0.15, -0.1) is 22.7 Å². The number of nitrogens with zero attached hydrogens (tertiary/aromatic N) is 3. The molecule has 2 N–H and O–H groups in total. The summed E-state index contributed by atoms with van der Waals surface area (Å²) in [5.74, 6) is 1.12. The Morgan fingerprint density at radius 1 is 1.15 bits per heavy atom. The van der Waals surface area contributed by atoms with Crippen LogP contribution in [0.5, 0.6) is 0 Å². The lowest BCUT2D eigenvalue weighted by Gasteiger charge is -2.01. The van der Waals surface area contributed by atoms with E-state index in [1.165, 1.54) is 22.7 Å². The molecule has 0 saturated carbocycles. The molecule has 4 rings (SSSR count). The summed E-state index contributed by atoms with van der Waals surface area (Å²) in [6, 6.07) is 7.11. The smallest absolute Gasteiger partial charge is 0.232 e. The molecule has 0 unspecified atom stereocenters. The van der Waals surface area contributed by atoms with Crippen LogP contribution < -0.4 is 10.6 Å². The van der Waals surface area contributed by atoms with Crippen molar-refractivity contribution in [2.45, 2.75) is 6.42 Å². The highest BCUT2D eigenvalue weighted by Crippen LogP contribution is 2.25. The molecule has 0 atom stereocenters. The van der Waals surface area contributed by atoms with Crippen LogP contribution in [0, 0.1) is 0 Å². The summed E-state index contributed by atoms with van der Waals surface area (Å²) in [5.41, 5.74) is 1.35. The van der Waals surface area contributed by atoms with Crippen molar-refractivity contribution in [1.29, 1.82) is 0 Å². The molecule has 0 aliphatic carbocycles. The Morgan fingerprint density at radius 2 is 2.04 bits per heavy atom. The number of pyridine rings is 1. The van der Waals surface area contributed by atoms with Crippen molar-refractivity contribution < 1.29 is 9.21 Å². The Morgan fingerprint density at radius 3 is 2.81 bits per heavy atom. The van der Waals surface area contributed by atoms with Crippen LogP contribution in [0.2, 0.25) is 5.02 Å². The minimum atomic E-state index is -0.184. The van der Waals surface area contributed by atoms with Gasteiger partial charge in [0.05, 0.1) is 23.4 Å². The van der Waals surface area contributed by atoms with Crippen LogP contribution in [0.4, 0.5) is 16.1 Å². The van der Waals surface area contributed by atoms with E-state index in [1.807, 2.05) is 16.8 Å². The highest BCUT2D eigenvalue weighted by molar-refractivity contribution is 7.14. The van der Waals surface area contributed by atoms with E-state index in [-0.39, 0.29) is 12.3 Å². The summed E-state index contributed by atoms with van der Waals surface area (Å²) in [7, 11) is 0. The van der Waals surface area contributed by atoms with Crippen LogP contribution in [0.1, 0.15) is 5.69 Å². The minimum absolute atomic E-state index is 0.155. The maximum atomic E-state index is 12.2. The summed E-state index contributed by atoms with van der Waals surface area (Å²) >= 11 is 8.56. The molecule has 27 heavy (non-hydrogen) atoms. The summed E-state index contributed by atoms with van der Waals surface area (Å²) < 4.78 is 5.30. The van der Waals surface area contributed by atoms with Crippen LogP contribution in [0.15, 0.2) is 51.9 Å². The maximum absolute atomic E-state index is 12.2. The van der Waals surface area contributed by atoms with Crippen molar-refractivity contribution in [3.05, 3.63) is 58.2 Å². The Hall–Kier alpha value is -2.75. The van der Waals surface area contributed by atoms with E-state index in [0.717, 1.165) is 0 Å². The first-order valence-electron chi connectivity index (χ1n) is 7.78. The average Bonchev–Trinajstić information content (AvgIpc) is 3.39. The number of thiazole rings is 2. The number of carbonyl (C=O) groups excluding carboxylic acids is 1. The van der Waals surface area contributed by atoms with E-state index in [9.17, 15) is 4.79 Å². The van der Waals surface area contributed by atoms with Gasteiger partial charge in [-0.3, -0.25) is 4.79 Å². The van der Waals surface area contributed by atoms with E-state index in [0.29, 0.717) is 38.3 Å². The van der Waals surface area contributed by atoms with Gasteiger partial charge >= 0.3 is 0 Å². The molecule has 4 aromatic heterocycles. The molecule has 4 aromatic rings. The first kappa shape index (κ1) is 17.7. The lowest BCUT2D eigenvalue weighted by atomic mass is 10.3. The second-order valence-corrected chi connectivity index (χ2v) is 7.52. The van der Waals surface area contributed by atoms with Gasteiger partial charge in [0.25, 0.3) is 0 Å². The van der Waals surface area contributed by atoms with Gasteiger partial charge < -0.3 is 15.1 Å². The zero-order chi connectivity index (χ0) is 18.6. The molecule has 0 aromatic carbocycles. The first-order valence-corrected chi connectivity index (χ1v) is 9.92. The van der Waals surface area contributed by atoms with Crippen LogP contribution >= 0.6 is 34.3 Å². The second kappa shape index (κ2) is 7.87. The lowest BCUT2D eigenvalue weighted by molar-refractivity contribution is -0.115. The van der Waals surface area contributed by atoms with Crippen LogP contribution in [-0.2, 0) is 11.2 Å². The summed E-state index contributed by atoms with van der Waals surface area (Å²) in [4.78, 5) is 25.1. The number of hydrogen-bond acceptors (Lipinski definition) is 8. The molecule has 0 bridgehead atoms. The minimum Gasteiger partial charge on any atom is -0.463 e. The highest BCUT2D eigenvalue weighted by Gasteiger charge is 2.12.